The Labute approximate surface area is 67.5 Å². The smallest absolute Gasteiger partial charge is 0.120 e. The molecule has 0 aromatic rings. The fraction of sp³-hybridized carbons (Fsp3) is 0.778. The van der Waals surface area contributed by atoms with Gasteiger partial charge < -0.3 is 10.2 Å². The van der Waals surface area contributed by atoms with E-state index in [9.17, 15) is 4.79 Å². The summed E-state index contributed by atoms with van der Waals surface area (Å²) in [7, 11) is 0. The summed E-state index contributed by atoms with van der Waals surface area (Å²) in [5.41, 5.74) is 0.836. The molecule has 1 saturated carbocycles. The molecule has 0 spiro atoms. The highest BCUT2D eigenvalue weighted by Crippen LogP contribution is 2.27. The van der Waals surface area contributed by atoms with E-state index in [1.807, 2.05) is 0 Å². The Balaban J connectivity index is 2.39. The van der Waals surface area contributed by atoms with Crippen LogP contribution in [0.3, 0.4) is 0 Å². The predicted octanol–water partition coefficient (Wildman–Crippen LogP) is 2.03. The van der Waals surface area contributed by atoms with Crippen molar-refractivity contribution in [2.24, 2.45) is 11.8 Å². The Morgan fingerprint density at radius 3 is 2.91 bits per heavy atom. The quantitative estimate of drug-likeness (QED) is 0.606. The lowest BCUT2D eigenvalue weighted by Gasteiger charge is -2.25. The highest BCUT2D eigenvalue weighted by atomic mass is 16.1. The summed E-state index contributed by atoms with van der Waals surface area (Å²) in [6.45, 7) is 2.10. The molecule has 2 atom stereocenters. The van der Waals surface area contributed by atoms with Crippen molar-refractivity contribution < 1.29 is 4.79 Å². The van der Waals surface area contributed by atoms with Crippen molar-refractivity contribution in [2.75, 3.05) is 0 Å². The van der Waals surface area contributed by atoms with Crippen LogP contribution in [0.1, 0.15) is 32.6 Å². The SMILES string of the molecule is CC1CCC(CC=O)CC1=N. The van der Waals surface area contributed by atoms with Crippen LogP contribution in [0.2, 0.25) is 0 Å². The van der Waals surface area contributed by atoms with Gasteiger partial charge in [-0.15, -0.1) is 0 Å². The van der Waals surface area contributed by atoms with E-state index >= 15 is 0 Å². The molecular weight excluding hydrogens is 138 g/mol. The average molecular weight is 153 g/mol. The summed E-state index contributed by atoms with van der Waals surface area (Å²) in [4.78, 5) is 10.2. The minimum atomic E-state index is 0.456. The molecule has 0 bridgehead atoms. The molecule has 0 aromatic carbocycles. The number of hydrogen-bond donors (Lipinski definition) is 1. The van der Waals surface area contributed by atoms with Gasteiger partial charge in [-0.1, -0.05) is 6.92 Å². The maximum absolute atomic E-state index is 10.2. The van der Waals surface area contributed by atoms with Crippen molar-refractivity contribution in [1.82, 2.24) is 0 Å². The second-order valence-corrected chi connectivity index (χ2v) is 3.48. The zero-order valence-electron chi connectivity index (χ0n) is 6.97. The van der Waals surface area contributed by atoms with Crippen LogP contribution in [0.5, 0.6) is 0 Å². The summed E-state index contributed by atoms with van der Waals surface area (Å²) in [6, 6.07) is 0. The Kier molecular flexibility index (Phi) is 2.80. The topological polar surface area (TPSA) is 40.9 Å². The van der Waals surface area contributed by atoms with Crippen LogP contribution in [-0.2, 0) is 4.79 Å². The normalized spacial score (nSPS) is 31.9. The largest absolute Gasteiger partial charge is 0.309 e. The van der Waals surface area contributed by atoms with Gasteiger partial charge in [-0.3, -0.25) is 0 Å². The summed E-state index contributed by atoms with van der Waals surface area (Å²) in [6.07, 6.45) is 4.70. The van der Waals surface area contributed by atoms with Crippen molar-refractivity contribution >= 4 is 12.0 Å². The van der Waals surface area contributed by atoms with Crippen LogP contribution in [0.4, 0.5) is 0 Å². The standard InChI is InChI=1S/C9H15NO/c1-7-2-3-8(4-5-11)6-9(7)10/h5,7-8,10H,2-4,6H2,1H3. The fourth-order valence-electron chi connectivity index (χ4n) is 1.61. The highest BCUT2D eigenvalue weighted by molar-refractivity contribution is 5.84. The molecule has 0 amide bonds. The van der Waals surface area contributed by atoms with E-state index in [-0.39, 0.29) is 0 Å². The molecule has 2 heteroatoms. The Hall–Kier alpha value is -0.660. The van der Waals surface area contributed by atoms with Gasteiger partial charge >= 0.3 is 0 Å². The van der Waals surface area contributed by atoms with Crippen LogP contribution >= 0.6 is 0 Å². The maximum atomic E-state index is 10.2. The van der Waals surface area contributed by atoms with E-state index in [4.69, 9.17) is 5.41 Å². The zero-order valence-corrected chi connectivity index (χ0v) is 6.97. The first-order chi connectivity index (χ1) is 5.24. The number of carbonyl (C=O) groups is 1. The monoisotopic (exact) mass is 153 g/mol. The molecule has 1 aliphatic carbocycles. The molecule has 0 aromatic heterocycles. The molecule has 0 aliphatic heterocycles. The minimum absolute atomic E-state index is 0.456. The third kappa shape index (κ3) is 2.14. The van der Waals surface area contributed by atoms with Gasteiger partial charge in [0.15, 0.2) is 0 Å². The molecule has 2 unspecified atom stereocenters. The lowest BCUT2D eigenvalue weighted by atomic mass is 9.80. The molecule has 1 aliphatic rings. The van der Waals surface area contributed by atoms with Crippen LogP contribution in [0.25, 0.3) is 0 Å². The minimum Gasteiger partial charge on any atom is -0.309 e. The third-order valence-electron chi connectivity index (χ3n) is 2.54. The van der Waals surface area contributed by atoms with Crippen molar-refractivity contribution in [3.05, 3.63) is 0 Å². The van der Waals surface area contributed by atoms with Crippen LogP contribution in [-0.4, -0.2) is 12.0 Å². The van der Waals surface area contributed by atoms with Gasteiger partial charge in [-0.05, 0) is 31.1 Å². The molecule has 0 heterocycles. The van der Waals surface area contributed by atoms with Gasteiger partial charge in [0.1, 0.15) is 6.29 Å². The van der Waals surface area contributed by atoms with Crippen molar-refractivity contribution in [2.45, 2.75) is 32.6 Å². The number of nitrogens with one attached hydrogen (secondary N) is 1. The van der Waals surface area contributed by atoms with Crippen molar-refractivity contribution in [1.29, 1.82) is 5.41 Å². The number of aldehydes is 1. The van der Waals surface area contributed by atoms with Gasteiger partial charge in [0.2, 0.25) is 0 Å². The average Bonchev–Trinajstić information content (AvgIpc) is 1.98. The van der Waals surface area contributed by atoms with Crippen molar-refractivity contribution in [3.63, 3.8) is 0 Å². The fourth-order valence-corrected chi connectivity index (χ4v) is 1.61. The molecule has 1 rings (SSSR count). The van der Waals surface area contributed by atoms with E-state index in [0.717, 1.165) is 31.3 Å². The van der Waals surface area contributed by atoms with Gasteiger partial charge in [0.05, 0.1) is 0 Å². The summed E-state index contributed by atoms with van der Waals surface area (Å²) in [5, 5.41) is 7.59. The molecule has 1 fully saturated rings. The predicted molar refractivity (Wildman–Crippen MR) is 44.9 cm³/mol. The summed E-state index contributed by atoms with van der Waals surface area (Å²) in [5.74, 6) is 0.925. The first-order valence-corrected chi connectivity index (χ1v) is 4.25. The second kappa shape index (κ2) is 3.65. The Bertz CT molecular complexity index is 165. The van der Waals surface area contributed by atoms with Gasteiger partial charge in [0.25, 0.3) is 0 Å². The van der Waals surface area contributed by atoms with E-state index in [2.05, 4.69) is 6.92 Å². The van der Waals surface area contributed by atoms with E-state index in [1.165, 1.54) is 0 Å². The number of hydrogen-bond acceptors (Lipinski definition) is 2. The first-order valence-electron chi connectivity index (χ1n) is 4.25. The van der Waals surface area contributed by atoms with Gasteiger partial charge in [-0.2, -0.15) is 0 Å². The summed E-state index contributed by atoms with van der Waals surface area (Å²) < 4.78 is 0. The number of carbonyl (C=O) groups excluding carboxylic acids is 1. The molecule has 2 nitrogen and oxygen atoms in total. The molecular formula is C9H15NO. The molecule has 1 N–H and O–H groups in total. The van der Waals surface area contributed by atoms with Crippen LogP contribution in [0, 0.1) is 17.2 Å². The first kappa shape index (κ1) is 8.44. The Morgan fingerprint density at radius 2 is 2.36 bits per heavy atom. The molecule has 62 valence electrons. The Morgan fingerprint density at radius 1 is 1.64 bits per heavy atom. The molecule has 0 saturated heterocycles. The van der Waals surface area contributed by atoms with Gasteiger partial charge in [0, 0.05) is 12.1 Å². The lowest BCUT2D eigenvalue weighted by Crippen LogP contribution is -2.22. The highest BCUT2D eigenvalue weighted by Gasteiger charge is 2.21. The maximum Gasteiger partial charge on any atom is 0.120 e. The van der Waals surface area contributed by atoms with Crippen LogP contribution in [0.15, 0.2) is 0 Å². The lowest BCUT2D eigenvalue weighted by molar-refractivity contribution is -0.108. The second-order valence-electron chi connectivity index (χ2n) is 3.48. The third-order valence-corrected chi connectivity index (χ3v) is 2.54. The zero-order chi connectivity index (χ0) is 8.27. The van der Waals surface area contributed by atoms with E-state index in [1.54, 1.807) is 0 Å². The van der Waals surface area contributed by atoms with E-state index < -0.39 is 0 Å². The summed E-state index contributed by atoms with van der Waals surface area (Å²) >= 11 is 0. The number of rotatable bonds is 2. The van der Waals surface area contributed by atoms with Gasteiger partial charge in [-0.25, -0.2) is 0 Å². The van der Waals surface area contributed by atoms with Crippen molar-refractivity contribution in [3.8, 4) is 0 Å². The molecule has 0 radical (unpaired) electrons. The van der Waals surface area contributed by atoms with E-state index in [0.29, 0.717) is 18.3 Å². The molecule has 11 heavy (non-hydrogen) atoms. The van der Waals surface area contributed by atoms with Crippen LogP contribution < -0.4 is 0 Å².